The summed E-state index contributed by atoms with van der Waals surface area (Å²) in [4.78, 5) is 0. The van der Waals surface area contributed by atoms with Crippen LogP contribution in [0.1, 0.15) is 22.3 Å². The summed E-state index contributed by atoms with van der Waals surface area (Å²) >= 11 is 0. The lowest BCUT2D eigenvalue weighted by Crippen LogP contribution is -2.26. The lowest BCUT2D eigenvalue weighted by molar-refractivity contribution is 0.795. The first-order valence-electron chi connectivity index (χ1n) is 31.4. The van der Waals surface area contributed by atoms with E-state index in [1.165, 1.54) is 218 Å². The van der Waals surface area contributed by atoms with Gasteiger partial charge in [-0.1, -0.05) is 267 Å². The van der Waals surface area contributed by atoms with Crippen molar-refractivity contribution >= 4 is 129 Å². The number of fused-ring (bicyclic) bond motifs is 10. The van der Waals surface area contributed by atoms with E-state index in [1.807, 2.05) is 0 Å². The molecule has 0 amide bonds. The Morgan fingerprint density at radius 2 is 0.326 bits per heavy atom. The molecule has 1 spiro atoms. The fourth-order valence-corrected chi connectivity index (χ4v) is 17.8. The minimum Gasteiger partial charge on any atom is -0.0610 e. The Morgan fingerprint density at radius 3 is 0.551 bits per heavy atom. The third kappa shape index (κ3) is 5.90. The molecule has 0 atom stereocenters. The van der Waals surface area contributed by atoms with Gasteiger partial charge in [-0.25, -0.2) is 0 Å². The van der Waals surface area contributed by atoms with Crippen molar-refractivity contribution in [2.24, 2.45) is 0 Å². The molecule has 2 aliphatic rings. The molecule has 20 aromatic carbocycles. The van der Waals surface area contributed by atoms with Gasteiger partial charge in [-0.3, -0.25) is 0 Å². The second kappa shape index (κ2) is 16.5. The van der Waals surface area contributed by atoms with E-state index in [1.54, 1.807) is 0 Å². The van der Waals surface area contributed by atoms with Crippen molar-refractivity contribution in [1.82, 2.24) is 0 Å². The second-order valence-electron chi connectivity index (χ2n) is 25.7. The summed E-state index contributed by atoms with van der Waals surface area (Å²) < 4.78 is 0. The van der Waals surface area contributed by atoms with Gasteiger partial charge in [-0.15, -0.1) is 0 Å². The molecule has 0 heterocycles. The highest BCUT2D eigenvalue weighted by molar-refractivity contribution is 6.29. The number of benzene rings is 20. The van der Waals surface area contributed by atoms with Gasteiger partial charge in [0.05, 0.1) is 5.41 Å². The van der Waals surface area contributed by atoms with Crippen molar-refractivity contribution < 1.29 is 0 Å². The molecule has 0 aromatic heterocycles. The summed E-state index contributed by atoms with van der Waals surface area (Å²) in [6.07, 6.45) is 0. The van der Waals surface area contributed by atoms with Gasteiger partial charge in [-0.05, 0) is 243 Å². The molecule has 0 heteroatoms. The van der Waals surface area contributed by atoms with Crippen molar-refractivity contribution in [2.75, 3.05) is 0 Å². The topological polar surface area (TPSA) is 0 Å². The van der Waals surface area contributed by atoms with Gasteiger partial charge >= 0.3 is 0 Å². The van der Waals surface area contributed by atoms with E-state index in [0.29, 0.717) is 0 Å². The predicted octanol–water partition coefficient (Wildman–Crippen LogP) is 24.3. The molecule has 89 heavy (non-hydrogen) atoms. The summed E-state index contributed by atoms with van der Waals surface area (Å²) in [6, 6.07) is 113. The molecular weight excluding hydrogens is 1070 g/mol. The molecular formula is C89H48. The van der Waals surface area contributed by atoms with Crippen molar-refractivity contribution in [3.63, 3.8) is 0 Å². The maximum absolute atomic E-state index is 2.61. The average molecular weight is 1120 g/mol. The van der Waals surface area contributed by atoms with E-state index < -0.39 is 5.41 Å². The van der Waals surface area contributed by atoms with Gasteiger partial charge in [0.1, 0.15) is 0 Å². The highest BCUT2D eigenvalue weighted by Gasteiger charge is 2.52. The molecule has 0 N–H and O–H groups in total. The lowest BCUT2D eigenvalue weighted by Gasteiger charge is -2.32. The smallest absolute Gasteiger partial charge is 0.0610 e. The molecule has 0 nitrogen and oxygen atoms in total. The zero-order valence-corrected chi connectivity index (χ0v) is 48.2. The molecule has 0 saturated heterocycles. The van der Waals surface area contributed by atoms with Crippen LogP contribution in [0.15, 0.2) is 291 Å². The van der Waals surface area contributed by atoms with Crippen molar-refractivity contribution in [2.45, 2.75) is 5.41 Å². The molecule has 0 unspecified atom stereocenters. The van der Waals surface area contributed by atoms with Crippen LogP contribution in [-0.4, -0.2) is 0 Å². The normalized spacial score (nSPS) is 13.5. The maximum atomic E-state index is 2.61. The van der Waals surface area contributed by atoms with E-state index in [9.17, 15) is 0 Å². The van der Waals surface area contributed by atoms with Crippen molar-refractivity contribution in [3.8, 4) is 66.8 Å². The quantitative estimate of drug-likeness (QED) is 0.154. The number of hydrogen-bond donors (Lipinski definition) is 0. The monoisotopic (exact) mass is 1120 g/mol. The summed E-state index contributed by atoms with van der Waals surface area (Å²) in [5.41, 5.74) is 19.6. The molecule has 0 fully saturated rings. The average Bonchev–Trinajstić information content (AvgIpc) is 1.52. The number of rotatable bonds is 4. The van der Waals surface area contributed by atoms with Crippen LogP contribution in [-0.2, 0) is 5.41 Å². The zero-order valence-electron chi connectivity index (χ0n) is 48.2. The Kier molecular flexibility index (Phi) is 8.70. The lowest BCUT2D eigenvalue weighted by atomic mass is 9.69. The summed E-state index contributed by atoms with van der Waals surface area (Å²) in [6.45, 7) is 0. The third-order valence-corrected chi connectivity index (χ3v) is 21.6. The van der Waals surface area contributed by atoms with Crippen LogP contribution in [0.4, 0.5) is 0 Å². The standard InChI is InChI=1S/C89H48/c1-5-49-13-17-57-21-33-65(73-41-25-53(9-1)81(49)85(57)73)61-29-37-69-70-38-30-62(66-34-22-58-18-14-50-6-2-10-54-26-42-74(66)86(58)82(50)54)46-78(70)89(77(69)45-61)79-47-63(67-35-23-59-19-15-51-7-3-11-55-27-43-75(67)87(59)83(51)55)31-39-71(79)72-40-32-64(48-80(72)89)68-36-24-60-20-16-52-8-4-12-56-28-44-76(68)88(60)84(52)56/h1-48H. The van der Waals surface area contributed by atoms with Gasteiger partial charge in [0.15, 0.2) is 0 Å². The van der Waals surface area contributed by atoms with Gasteiger partial charge < -0.3 is 0 Å². The summed E-state index contributed by atoms with van der Waals surface area (Å²) in [7, 11) is 0. The van der Waals surface area contributed by atoms with Gasteiger partial charge in [0, 0.05) is 0 Å². The van der Waals surface area contributed by atoms with Crippen LogP contribution in [0, 0.1) is 0 Å². The minimum absolute atomic E-state index is 0.742. The Bertz CT molecular complexity index is 5670. The first kappa shape index (κ1) is 46.8. The van der Waals surface area contributed by atoms with Crippen molar-refractivity contribution in [1.29, 1.82) is 0 Å². The predicted molar refractivity (Wildman–Crippen MR) is 379 cm³/mol. The first-order chi connectivity index (χ1) is 44.1. The van der Waals surface area contributed by atoms with Crippen LogP contribution < -0.4 is 0 Å². The van der Waals surface area contributed by atoms with Crippen LogP contribution in [0.3, 0.4) is 0 Å². The molecule has 0 bridgehead atoms. The van der Waals surface area contributed by atoms with E-state index >= 15 is 0 Å². The van der Waals surface area contributed by atoms with Crippen LogP contribution in [0.5, 0.6) is 0 Å². The van der Waals surface area contributed by atoms with Crippen LogP contribution in [0.25, 0.3) is 196 Å². The molecule has 0 aliphatic heterocycles. The van der Waals surface area contributed by atoms with Gasteiger partial charge in [0.2, 0.25) is 0 Å². The molecule has 2 aliphatic carbocycles. The van der Waals surface area contributed by atoms with E-state index in [0.717, 1.165) is 0 Å². The highest BCUT2D eigenvalue weighted by atomic mass is 14.5. The fourth-order valence-electron chi connectivity index (χ4n) is 17.8. The van der Waals surface area contributed by atoms with Gasteiger partial charge in [-0.2, -0.15) is 0 Å². The summed E-state index contributed by atoms with van der Waals surface area (Å²) in [5, 5.41) is 31.2. The number of hydrogen-bond acceptors (Lipinski definition) is 0. The Hall–Kier alpha value is -11.4. The fraction of sp³-hybridized carbons (Fsp3) is 0.0112. The SMILES string of the molecule is c1cc2ccc3ccc(-c4ccc5c(c4)C4(c6cc(-c7ccc8ccc9cccc%10ccc7c8c9%10)ccc6-5)c5cc(-c6ccc7ccc8cccc9ccc6c7c89)ccc5-c5ccc(-c6ccc7ccc8cccc9ccc6c7c89)cc54)c4ccc(c1)c2c34. The van der Waals surface area contributed by atoms with E-state index in [-0.39, 0.29) is 0 Å². The minimum atomic E-state index is -0.742. The zero-order chi connectivity index (χ0) is 57.5. The van der Waals surface area contributed by atoms with Crippen LogP contribution in [0.2, 0.25) is 0 Å². The first-order valence-corrected chi connectivity index (χ1v) is 31.4. The van der Waals surface area contributed by atoms with Crippen LogP contribution >= 0.6 is 0 Å². The largest absolute Gasteiger partial charge is 0.0726 e. The second-order valence-corrected chi connectivity index (χ2v) is 25.7. The third-order valence-electron chi connectivity index (χ3n) is 21.6. The Balaban J connectivity index is 0.859. The molecule has 22 rings (SSSR count). The molecule has 404 valence electrons. The highest BCUT2D eigenvalue weighted by Crippen LogP contribution is 2.65. The maximum Gasteiger partial charge on any atom is 0.0726 e. The Labute approximate surface area is 511 Å². The van der Waals surface area contributed by atoms with E-state index in [2.05, 4.69) is 291 Å². The van der Waals surface area contributed by atoms with Crippen molar-refractivity contribution in [3.05, 3.63) is 313 Å². The van der Waals surface area contributed by atoms with Gasteiger partial charge in [0.25, 0.3) is 0 Å². The Morgan fingerprint density at radius 1 is 0.146 bits per heavy atom. The molecule has 20 aromatic rings. The van der Waals surface area contributed by atoms with E-state index in [4.69, 9.17) is 0 Å². The molecule has 0 saturated carbocycles. The molecule has 0 radical (unpaired) electrons. The summed E-state index contributed by atoms with van der Waals surface area (Å²) in [5.74, 6) is 0.